The summed E-state index contributed by atoms with van der Waals surface area (Å²) < 4.78 is 37.1. The first-order valence-corrected chi connectivity index (χ1v) is 8.13. The van der Waals surface area contributed by atoms with E-state index in [-0.39, 0.29) is 16.4 Å². The first-order chi connectivity index (χ1) is 7.81. The van der Waals surface area contributed by atoms with Crippen molar-refractivity contribution in [3.63, 3.8) is 0 Å². The highest BCUT2D eigenvalue weighted by atomic mass is 32.2. The predicted molar refractivity (Wildman–Crippen MR) is 66.8 cm³/mol. The van der Waals surface area contributed by atoms with Crippen LogP contribution in [0.5, 0.6) is 5.75 Å². The van der Waals surface area contributed by atoms with Crippen LogP contribution in [0, 0.1) is 0 Å². The van der Waals surface area contributed by atoms with Crippen LogP contribution in [0.3, 0.4) is 0 Å². The summed E-state index contributed by atoms with van der Waals surface area (Å²) in [5.41, 5.74) is 0. The quantitative estimate of drug-likeness (QED) is 0.818. The largest absolute Gasteiger partial charge is 0.508 e. The maximum atomic E-state index is 11.9. The van der Waals surface area contributed by atoms with Gasteiger partial charge in [0.05, 0.1) is 4.90 Å². The fraction of sp³-hybridized carbons (Fsp3) is 0.400. The molecule has 0 aliphatic rings. The number of benzene rings is 1. The fourth-order valence-electron chi connectivity index (χ4n) is 1.37. The minimum absolute atomic E-state index is 0.00812. The van der Waals surface area contributed by atoms with E-state index in [4.69, 9.17) is 0 Å². The lowest BCUT2D eigenvalue weighted by molar-refractivity contribution is 0.473. The fourth-order valence-corrected chi connectivity index (χ4v) is 3.55. The Bertz CT molecular complexity index is 513. The van der Waals surface area contributed by atoms with E-state index < -0.39 is 26.9 Å². The maximum Gasteiger partial charge on any atom is 0.240 e. The van der Waals surface area contributed by atoms with Gasteiger partial charge in [-0.15, -0.1) is 0 Å². The third kappa shape index (κ3) is 4.45. The molecule has 0 radical (unpaired) electrons. The summed E-state index contributed by atoms with van der Waals surface area (Å²) in [6, 6.07) is 4.97. The average Bonchev–Trinajstić information content (AvgIpc) is 2.15. The van der Waals surface area contributed by atoms with E-state index in [1.54, 1.807) is 6.92 Å². The number of sulfonamides is 1. The Labute approximate surface area is 103 Å². The van der Waals surface area contributed by atoms with Gasteiger partial charge in [0.15, 0.2) is 0 Å². The second-order valence-electron chi connectivity index (χ2n) is 3.76. The molecule has 2 unspecified atom stereocenters. The molecule has 0 spiro atoms. The minimum Gasteiger partial charge on any atom is -0.508 e. The van der Waals surface area contributed by atoms with Crippen molar-refractivity contribution >= 4 is 20.8 Å². The molecule has 0 saturated carbocycles. The standard InChI is InChI=1S/C10H15NO4S2/c1-8(7-16(2)13)11-17(14,15)10-5-3-4-9(12)6-10/h3-6,8,11-12H,7H2,1-2H3. The summed E-state index contributed by atoms with van der Waals surface area (Å²) >= 11 is 0. The molecule has 2 atom stereocenters. The van der Waals surface area contributed by atoms with E-state index in [1.165, 1.54) is 24.5 Å². The lowest BCUT2D eigenvalue weighted by Gasteiger charge is -2.12. The SMILES string of the molecule is CC(CS(C)=O)NS(=O)(=O)c1cccc(O)c1. The number of phenols is 1. The van der Waals surface area contributed by atoms with E-state index in [0.29, 0.717) is 0 Å². The summed E-state index contributed by atoms with van der Waals surface area (Å²) in [5.74, 6) is 0.137. The van der Waals surface area contributed by atoms with Crippen LogP contribution in [0.15, 0.2) is 29.2 Å². The zero-order valence-corrected chi connectivity index (χ0v) is 11.2. The van der Waals surface area contributed by atoms with Crippen LogP contribution in [0.25, 0.3) is 0 Å². The normalized spacial score (nSPS) is 15.4. The summed E-state index contributed by atoms with van der Waals surface area (Å²) in [4.78, 5) is -0.00812. The molecular formula is C10H15NO4S2. The molecule has 0 heterocycles. The summed E-state index contributed by atoms with van der Waals surface area (Å²) in [6.45, 7) is 1.64. The van der Waals surface area contributed by atoms with Gasteiger partial charge in [0.2, 0.25) is 10.0 Å². The Morgan fingerprint density at radius 2 is 2.12 bits per heavy atom. The number of hydrogen-bond acceptors (Lipinski definition) is 4. The molecule has 1 aromatic rings. The third-order valence-electron chi connectivity index (χ3n) is 1.97. The average molecular weight is 277 g/mol. The van der Waals surface area contributed by atoms with E-state index >= 15 is 0 Å². The van der Waals surface area contributed by atoms with Gasteiger partial charge in [0, 0.05) is 28.9 Å². The van der Waals surface area contributed by atoms with Crippen molar-refractivity contribution in [3.05, 3.63) is 24.3 Å². The monoisotopic (exact) mass is 277 g/mol. The van der Waals surface area contributed by atoms with Crippen LogP contribution in [0.2, 0.25) is 0 Å². The van der Waals surface area contributed by atoms with Gasteiger partial charge in [-0.25, -0.2) is 13.1 Å². The molecule has 96 valence electrons. The van der Waals surface area contributed by atoms with Gasteiger partial charge in [-0.3, -0.25) is 4.21 Å². The molecule has 0 fully saturated rings. The molecular weight excluding hydrogens is 262 g/mol. The topological polar surface area (TPSA) is 83.5 Å². The molecule has 0 bridgehead atoms. The van der Waals surface area contributed by atoms with Gasteiger partial charge < -0.3 is 5.11 Å². The van der Waals surface area contributed by atoms with E-state index in [0.717, 1.165) is 6.07 Å². The van der Waals surface area contributed by atoms with Crippen molar-refractivity contribution in [2.75, 3.05) is 12.0 Å². The second kappa shape index (κ2) is 5.61. The number of nitrogens with one attached hydrogen (secondary N) is 1. The highest BCUT2D eigenvalue weighted by Gasteiger charge is 2.18. The zero-order chi connectivity index (χ0) is 13.1. The second-order valence-corrected chi connectivity index (χ2v) is 6.95. The Balaban J connectivity index is 2.86. The molecule has 1 rings (SSSR count). The van der Waals surface area contributed by atoms with Gasteiger partial charge in [-0.2, -0.15) is 0 Å². The molecule has 17 heavy (non-hydrogen) atoms. The molecule has 0 aliphatic heterocycles. The summed E-state index contributed by atoms with van der Waals surface area (Å²) in [6.07, 6.45) is 1.51. The highest BCUT2D eigenvalue weighted by Crippen LogP contribution is 2.15. The van der Waals surface area contributed by atoms with Crippen LogP contribution in [0.4, 0.5) is 0 Å². The molecule has 0 amide bonds. The molecule has 0 saturated heterocycles. The lowest BCUT2D eigenvalue weighted by Crippen LogP contribution is -2.36. The zero-order valence-electron chi connectivity index (χ0n) is 9.58. The third-order valence-corrected chi connectivity index (χ3v) is 4.53. The predicted octanol–water partition coefficient (Wildman–Crippen LogP) is 0.437. The molecule has 1 aromatic carbocycles. The number of phenolic OH excluding ortho intramolecular Hbond substituents is 1. The van der Waals surface area contributed by atoms with E-state index in [2.05, 4.69) is 4.72 Å². The van der Waals surface area contributed by atoms with Gasteiger partial charge in [0.25, 0.3) is 0 Å². The Morgan fingerprint density at radius 3 is 2.65 bits per heavy atom. The summed E-state index contributed by atoms with van der Waals surface area (Å²) in [5, 5.41) is 9.22. The van der Waals surface area contributed by atoms with Gasteiger partial charge >= 0.3 is 0 Å². The number of rotatable bonds is 5. The van der Waals surface area contributed by atoms with Gasteiger partial charge in [-0.05, 0) is 25.1 Å². The van der Waals surface area contributed by atoms with Crippen LogP contribution in [-0.2, 0) is 20.8 Å². The minimum atomic E-state index is -3.67. The lowest BCUT2D eigenvalue weighted by atomic mass is 10.3. The first-order valence-electron chi connectivity index (χ1n) is 4.92. The molecule has 5 nitrogen and oxygen atoms in total. The Hall–Kier alpha value is -0.920. The van der Waals surface area contributed by atoms with Crippen molar-refractivity contribution in [3.8, 4) is 5.75 Å². The Kier molecular flexibility index (Phi) is 4.67. The van der Waals surface area contributed by atoms with Crippen LogP contribution in [-0.4, -0.2) is 35.8 Å². The highest BCUT2D eigenvalue weighted by molar-refractivity contribution is 7.89. The van der Waals surface area contributed by atoms with Crippen molar-refractivity contribution < 1.29 is 17.7 Å². The molecule has 7 heteroatoms. The molecule has 0 aliphatic carbocycles. The molecule has 0 aromatic heterocycles. The Morgan fingerprint density at radius 1 is 1.47 bits per heavy atom. The van der Waals surface area contributed by atoms with Crippen molar-refractivity contribution in [2.45, 2.75) is 17.9 Å². The van der Waals surface area contributed by atoms with Crippen LogP contribution >= 0.6 is 0 Å². The van der Waals surface area contributed by atoms with E-state index in [1.807, 2.05) is 0 Å². The maximum absolute atomic E-state index is 11.9. The first kappa shape index (κ1) is 14.1. The number of aromatic hydroxyl groups is 1. The van der Waals surface area contributed by atoms with Crippen molar-refractivity contribution in [2.24, 2.45) is 0 Å². The van der Waals surface area contributed by atoms with Crippen LogP contribution < -0.4 is 4.72 Å². The number of hydrogen-bond donors (Lipinski definition) is 2. The van der Waals surface area contributed by atoms with E-state index in [9.17, 15) is 17.7 Å². The molecule has 2 N–H and O–H groups in total. The van der Waals surface area contributed by atoms with Gasteiger partial charge in [0.1, 0.15) is 5.75 Å². The smallest absolute Gasteiger partial charge is 0.240 e. The summed E-state index contributed by atoms with van der Waals surface area (Å²) in [7, 11) is -4.74. The van der Waals surface area contributed by atoms with Crippen LogP contribution in [0.1, 0.15) is 6.92 Å². The van der Waals surface area contributed by atoms with Crippen molar-refractivity contribution in [1.29, 1.82) is 0 Å². The van der Waals surface area contributed by atoms with Crippen molar-refractivity contribution in [1.82, 2.24) is 4.72 Å². The van der Waals surface area contributed by atoms with Gasteiger partial charge in [-0.1, -0.05) is 6.07 Å².